The van der Waals surface area contributed by atoms with Gasteiger partial charge in [0.25, 0.3) is 0 Å². The average Bonchev–Trinajstić information content (AvgIpc) is 3.01. The van der Waals surface area contributed by atoms with Gasteiger partial charge in [-0.05, 0) is 41.3 Å². The maximum atomic E-state index is 12.6. The Morgan fingerprint density at radius 1 is 1.13 bits per heavy atom. The average molecular weight is 330 g/mol. The summed E-state index contributed by atoms with van der Waals surface area (Å²) in [4.78, 5) is 3.50. The van der Waals surface area contributed by atoms with Crippen LogP contribution in [0.2, 0.25) is 0 Å². The molecule has 0 radical (unpaired) electrons. The number of fused-ring (bicyclic) bond motifs is 1. The van der Waals surface area contributed by atoms with E-state index in [2.05, 4.69) is 4.98 Å². The van der Waals surface area contributed by atoms with Crippen LogP contribution in [0.4, 0.5) is 8.78 Å². The molecule has 3 N–H and O–H groups in total. The number of thiocarbonyl (C=S) groups is 1. The van der Waals surface area contributed by atoms with Crippen LogP contribution in [0, 0.1) is 0 Å². The lowest BCUT2D eigenvalue weighted by atomic mass is 9.97. The molecule has 0 atom stereocenters. The van der Waals surface area contributed by atoms with Gasteiger partial charge in [-0.1, -0.05) is 36.5 Å². The minimum Gasteiger partial charge on any atom is -0.389 e. The first kappa shape index (κ1) is 15.6. The molecular weight excluding hydrogens is 314 g/mol. The van der Waals surface area contributed by atoms with E-state index in [0.29, 0.717) is 11.4 Å². The molecule has 2 nitrogen and oxygen atoms in total. The molecule has 0 aliphatic carbocycles. The molecule has 0 bridgehead atoms. The topological polar surface area (TPSA) is 41.8 Å². The highest BCUT2D eigenvalue weighted by Crippen LogP contribution is 2.29. The van der Waals surface area contributed by atoms with E-state index in [9.17, 15) is 8.78 Å². The van der Waals surface area contributed by atoms with Crippen LogP contribution >= 0.6 is 12.2 Å². The zero-order valence-corrected chi connectivity index (χ0v) is 13.2. The van der Waals surface area contributed by atoms with Crippen molar-refractivity contribution in [3.8, 4) is 11.1 Å². The van der Waals surface area contributed by atoms with Crippen molar-refractivity contribution in [2.75, 3.05) is 0 Å². The van der Waals surface area contributed by atoms with Gasteiger partial charge in [-0.25, -0.2) is 8.78 Å². The molecule has 118 valence electrons. The molecule has 1 heterocycles. The van der Waals surface area contributed by atoms with Gasteiger partial charge in [0.2, 0.25) is 6.43 Å². The highest BCUT2D eigenvalue weighted by molar-refractivity contribution is 7.80. The molecule has 2 aromatic carbocycles. The summed E-state index contributed by atoms with van der Waals surface area (Å²) in [6.07, 6.45) is -0.275. The minimum absolute atomic E-state index is 0.142. The smallest absolute Gasteiger partial charge is 0.239 e. The van der Waals surface area contributed by atoms with E-state index >= 15 is 0 Å². The molecule has 5 heteroatoms. The minimum atomic E-state index is -2.30. The Kier molecular flexibility index (Phi) is 4.39. The summed E-state index contributed by atoms with van der Waals surface area (Å²) in [5.41, 5.74) is 10.3. The molecule has 0 saturated carbocycles. The number of hydrogen-bond donors (Lipinski definition) is 2. The Morgan fingerprint density at radius 2 is 1.96 bits per heavy atom. The highest BCUT2D eigenvalue weighted by Gasteiger charge is 2.10. The summed E-state index contributed by atoms with van der Waals surface area (Å²) in [5, 5.41) is 0.986. The molecule has 0 amide bonds. The Bertz CT molecular complexity index is 855. The van der Waals surface area contributed by atoms with Crippen molar-refractivity contribution in [1.82, 2.24) is 4.98 Å². The van der Waals surface area contributed by atoms with E-state index in [1.807, 2.05) is 48.7 Å². The number of nitrogens with one attached hydrogen (secondary N) is 1. The number of aromatic amines is 1. The van der Waals surface area contributed by atoms with Crippen molar-refractivity contribution in [3.05, 3.63) is 59.8 Å². The standard InChI is InChI=1S/C18H16F2N2S/c19-17(20)5-4-12-9-14(10-16-15(12)6-7-22-16)11-2-1-3-13(8-11)18(21)23/h1-3,6-10,17,22H,4-5H2,(H2,21,23). The summed E-state index contributed by atoms with van der Waals surface area (Å²) in [6.45, 7) is 0. The number of nitrogens with two attached hydrogens (primary N) is 1. The van der Waals surface area contributed by atoms with Crippen LogP contribution in [0.5, 0.6) is 0 Å². The Labute approximate surface area is 138 Å². The Balaban J connectivity index is 2.07. The van der Waals surface area contributed by atoms with Crippen molar-refractivity contribution in [1.29, 1.82) is 0 Å². The van der Waals surface area contributed by atoms with E-state index < -0.39 is 6.43 Å². The van der Waals surface area contributed by atoms with Gasteiger partial charge in [0, 0.05) is 29.1 Å². The molecule has 3 aromatic rings. The second-order valence-corrected chi connectivity index (χ2v) is 5.89. The molecule has 0 aliphatic heterocycles. The molecule has 0 saturated heterocycles. The summed E-state index contributed by atoms with van der Waals surface area (Å²) in [5.74, 6) is 0. The zero-order chi connectivity index (χ0) is 16.4. The molecule has 1 aromatic heterocycles. The largest absolute Gasteiger partial charge is 0.389 e. The van der Waals surface area contributed by atoms with E-state index in [4.69, 9.17) is 18.0 Å². The fourth-order valence-electron chi connectivity index (χ4n) is 2.73. The van der Waals surface area contributed by atoms with Gasteiger partial charge in [0.15, 0.2) is 0 Å². The molecule has 3 rings (SSSR count). The summed E-state index contributed by atoms with van der Waals surface area (Å²) in [7, 11) is 0. The van der Waals surface area contributed by atoms with E-state index in [0.717, 1.165) is 33.2 Å². The number of aryl methyl sites for hydroxylation is 1. The first-order valence-corrected chi connectivity index (χ1v) is 7.74. The highest BCUT2D eigenvalue weighted by atomic mass is 32.1. The third-order valence-electron chi connectivity index (χ3n) is 3.87. The van der Waals surface area contributed by atoms with Gasteiger partial charge >= 0.3 is 0 Å². The van der Waals surface area contributed by atoms with Crippen LogP contribution in [0.3, 0.4) is 0 Å². The SMILES string of the molecule is NC(=S)c1cccc(-c2cc(CCC(F)F)c3cc[nH]c3c2)c1. The number of alkyl halides is 2. The van der Waals surface area contributed by atoms with Crippen LogP contribution in [-0.4, -0.2) is 16.4 Å². The normalized spacial score (nSPS) is 11.3. The van der Waals surface area contributed by atoms with Gasteiger partial charge in [-0.3, -0.25) is 0 Å². The van der Waals surface area contributed by atoms with Gasteiger partial charge in [0.05, 0.1) is 0 Å². The molecule has 0 fully saturated rings. The third kappa shape index (κ3) is 3.40. The molecule has 0 spiro atoms. The molecule has 0 aliphatic rings. The number of rotatable bonds is 5. The maximum absolute atomic E-state index is 12.6. The number of hydrogen-bond acceptors (Lipinski definition) is 1. The molecule has 23 heavy (non-hydrogen) atoms. The van der Waals surface area contributed by atoms with Crippen molar-refractivity contribution in [2.45, 2.75) is 19.3 Å². The maximum Gasteiger partial charge on any atom is 0.239 e. The number of H-pyrrole nitrogens is 1. The van der Waals surface area contributed by atoms with E-state index in [-0.39, 0.29) is 6.42 Å². The van der Waals surface area contributed by atoms with E-state index in [1.165, 1.54) is 0 Å². The van der Waals surface area contributed by atoms with Crippen molar-refractivity contribution < 1.29 is 8.78 Å². The second-order valence-electron chi connectivity index (χ2n) is 5.45. The summed E-state index contributed by atoms with van der Waals surface area (Å²) < 4.78 is 25.2. The first-order chi connectivity index (χ1) is 11.0. The van der Waals surface area contributed by atoms with E-state index in [1.54, 1.807) is 0 Å². The van der Waals surface area contributed by atoms with Crippen LogP contribution in [0.1, 0.15) is 17.5 Å². The predicted octanol–water partition coefficient (Wildman–Crippen LogP) is 4.67. The van der Waals surface area contributed by atoms with Gasteiger partial charge < -0.3 is 10.7 Å². The van der Waals surface area contributed by atoms with Crippen molar-refractivity contribution >= 4 is 28.1 Å². The number of halogens is 2. The van der Waals surface area contributed by atoms with Crippen molar-refractivity contribution in [2.24, 2.45) is 5.73 Å². The van der Waals surface area contributed by atoms with Crippen molar-refractivity contribution in [3.63, 3.8) is 0 Å². The van der Waals surface area contributed by atoms with Crippen LogP contribution in [-0.2, 0) is 6.42 Å². The Morgan fingerprint density at radius 3 is 2.70 bits per heavy atom. The number of aromatic nitrogens is 1. The summed E-state index contributed by atoms with van der Waals surface area (Å²) in [6, 6.07) is 13.5. The van der Waals surface area contributed by atoms with Crippen LogP contribution in [0.15, 0.2) is 48.7 Å². The number of benzene rings is 2. The zero-order valence-electron chi connectivity index (χ0n) is 12.4. The molecular formula is C18H16F2N2S. The monoisotopic (exact) mass is 330 g/mol. The lowest BCUT2D eigenvalue weighted by Gasteiger charge is -2.09. The van der Waals surface area contributed by atoms with Crippen LogP contribution in [0.25, 0.3) is 22.0 Å². The second kappa shape index (κ2) is 6.46. The lowest BCUT2D eigenvalue weighted by Crippen LogP contribution is -2.08. The molecule has 0 unspecified atom stereocenters. The van der Waals surface area contributed by atoms with Crippen LogP contribution < -0.4 is 5.73 Å². The van der Waals surface area contributed by atoms with Gasteiger partial charge in [-0.15, -0.1) is 0 Å². The fourth-order valence-corrected chi connectivity index (χ4v) is 2.86. The van der Waals surface area contributed by atoms with Gasteiger partial charge in [0.1, 0.15) is 4.99 Å². The fraction of sp³-hybridized carbons (Fsp3) is 0.167. The quantitative estimate of drug-likeness (QED) is 0.668. The lowest BCUT2D eigenvalue weighted by molar-refractivity contribution is 0.138. The Hall–Kier alpha value is -2.27. The summed E-state index contributed by atoms with van der Waals surface area (Å²) >= 11 is 5.02. The predicted molar refractivity (Wildman–Crippen MR) is 93.9 cm³/mol. The van der Waals surface area contributed by atoms with Gasteiger partial charge in [-0.2, -0.15) is 0 Å². The first-order valence-electron chi connectivity index (χ1n) is 7.33. The third-order valence-corrected chi connectivity index (χ3v) is 4.10.